The maximum Gasteiger partial charge on any atom is 0.340 e. The van der Waals surface area contributed by atoms with Gasteiger partial charge in [0.15, 0.2) is 11.4 Å². The minimum Gasteiger partial charge on any atom is -0.508 e. The quantitative estimate of drug-likeness (QED) is 0.416. The highest BCUT2D eigenvalue weighted by molar-refractivity contribution is 7.80. The van der Waals surface area contributed by atoms with E-state index in [9.17, 15) is 15.0 Å². The van der Waals surface area contributed by atoms with Crippen LogP contribution in [0.25, 0.3) is 0 Å². The average molecular weight is 364 g/mol. The number of carbonyl (C=O) groups excluding carboxylic acids is 1. The van der Waals surface area contributed by atoms with Gasteiger partial charge in [0.05, 0.1) is 10.5 Å². The molecular formula is C20H12O5S. The number of rotatable bonds is 0. The van der Waals surface area contributed by atoms with Gasteiger partial charge >= 0.3 is 5.97 Å². The zero-order chi connectivity index (χ0) is 18.1. The maximum absolute atomic E-state index is 12.6. The molecule has 5 rings (SSSR count). The van der Waals surface area contributed by atoms with E-state index in [1.165, 1.54) is 18.2 Å². The van der Waals surface area contributed by atoms with Crippen LogP contribution in [-0.2, 0) is 10.3 Å². The van der Waals surface area contributed by atoms with E-state index in [-0.39, 0.29) is 22.1 Å². The molecule has 3 aromatic carbocycles. The lowest BCUT2D eigenvalue weighted by Crippen LogP contribution is -2.33. The highest BCUT2D eigenvalue weighted by Crippen LogP contribution is 2.58. The maximum atomic E-state index is 12.6. The molecule has 1 atom stereocenters. The molecule has 0 fully saturated rings. The average Bonchev–Trinajstić information content (AvgIpc) is 2.92. The van der Waals surface area contributed by atoms with Crippen LogP contribution in [0.3, 0.4) is 0 Å². The lowest BCUT2D eigenvalue weighted by atomic mass is 9.77. The third kappa shape index (κ3) is 1.74. The van der Waals surface area contributed by atoms with Crippen molar-refractivity contribution in [3.05, 3.63) is 76.9 Å². The molecule has 2 heterocycles. The van der Waals surface area contributed by atoms with Gasteiger partial charge in [-0.15, -0.1) is 12.6 Å². The second-order valence-electron chi connectivity index (χ2n) is 6.21. The van der Waals surface area contributed by atoms with Crippen molar-refractivity contribution in [3.63, 3.8) is 0 Å². The van der Waals surface area contributed by atoms with E-state index in [0.29, 0.717) is 28.0 Å². The number of carbonyl (C=O) groups is 1. The van der Waals surface area contributed by atoms with Crippen molar-refractivity contribution in [2.24, 2.45) is 0 Å². The summed E-state index contributed by atoms with van der Waals surface area (Å²) in [6, 6.07) is 15.0. The number of benzene rings is 3. The number of thiol groups is 1. The molecule has 2 aliphatic heterocycles. The van der Waals surface area contributed by atoms with Gasteiger partial charge in [0.1, 0.15) is 17.2 Å². The first kappa shape index (κ1) is 15.2. The van der Waals surface area contributed by atoms with Crippen LogP contribution >= 0.6 is 12.6 Å². The van der Waals surface area contributed by atoms with Crippen molar-refractivity contribution in [1.82, 2.24) is 0 Å². The van der Waals surface area contributed by atoms with Crippen LogP contribution in [0.15, 0.2) is 59.5 Å². The molecule has 5 nitrogen and oxygen atoms in total. The van der Waals surface area contributed by atoms with Crippen LogP contribution < -0.4 is 4.74 Å². The molecule has 0 aliphatic carbocycles. The van der Waals surface area contributed by atoms with E-state index in [0.717, 1.165) is 0 Å². The number of hydrogen-bond donors (Lipinski definition) is 3. The highest BCUT2D eigenvalue weighted by Gasteiger charge is 2.53. The lowest BCUT2D eigenvalue weighted by molar-refractivity contribution is 0.0222. The molecule has 1 unspecified atom stereocenters. The number of aromatic hydroxyl groups is 2. The van der Waals surface area contributed by atoms with Gasteiger partial charge in [-0.05, 0) is 30.3 Å². The highest BCUT2D eigenvalue weighted by atomic mass is 32.1. The summed E-state index contributed by atoms with van der Waals surface area (Å²) in [5.41, 5.74) is 1.08. The van der Waals surface area contributed by atoms with Gasteiger partial charge in [0.25, 0.3) is 0 Å². The number of ether oxygens (including phenoxy) is 2. The molecule has 128 valence electrons. The smallest absolute Gasteiger partial charge is 0.340 e. The first-order valence-corrected chi connectivity index (χ1v) is 8.36. The zero-order valence-corrected chi connectivity index (χ0v) is 14.2. The Bertz CT molecular complexity index is 1110. The largest absolute Gasteiger partial charge is 0.508 e. The number of hydrogen-bond acceptors (Lipinski definition) is 6. The van der Waals surface area contributed by atoms with Crippen LogP contribution in [-0.4, -0.2) is 16.2 Å². The Morgan fingerprint density at radius 1 is 0.923 bits per heavy atom. The third-order valence-electron chi connectivity index (χ3n) is 4.82. The van der Waals surface area contributed by atoms with Gasteiger partial charge in [-0.1, -0.05) is 18.2 Å². The normalized spacial score (nSPS) is 19.3. The molecule has 0 amide bonds. The molecule has 0 aromatic heterocycles. The summed E-state index contributed by atoms with van der Waals surface area (Å²) in [5.74, 6) is 0.143. The van der Waals surface area contributed by atoms with Gasteiger partial charge in [-0.3, -0.25) is 0 Å². The van der Waals surface area contributed by atoms with E-state index in [4.69, 9.17) is 9.47 Å². The molecule has 6 heteroatoms. The van der Waals surface area contributed by atoms with Crippen LogP contribution in [0.5, 0.6) is 23.0 Å². The number of phenols is 2. The number of phenolic OH excluding ortho intramolecular Hbond substituents is 2. The third-order valence-corrected chi connectivity index (χ3v) is 5.25. The minimum atomic E-state index is -1.23. The summed E-state index contributed by atoms with van der Waals surface area (Å²) in [4.78, 5) is 12.8. The number of esters is 1. The molecule has 26 heavy (non-hydrogen) atoms. The predicted molar refractivity (Wildman–Crippen MR) is 95.3 cm³/mol. The predicted octanol–water partition coefficient (Wildman–Crippen LogP) is 3.95. The number of fused-ring (bicyclic) bond motifs is 6. The van der Waals surface area contributed by atoms with Crippen LogP contribution in [0, 0.1) is 0 Å². The van der Waals surface area contributed by atoms with Gasteiger partial charge in [-0.25, -0.2) is 4.79 Å². The van der Waals surface area contributed by atoms with Crippen molar-refractivity contribution in [1.29, 1.82) is 0 Å². The molecule has 0 radical (unpaired) electrons. The summed E-state index contributed by atoms with van der Waals surface area (Å²) in [6.45, 7) is 0. The molecule has 0 saturated heterocycles. The standard InChI is InChI=1S/C20H12O5S/c21-10-5-6-13-16(9-10)24-17-14(7-8-15(22)18(17)26)20(13)12-4-2-1-3-11(12)19(23)25-20/h1-9,21-22,26H. The fraction of sp³-hybridized carbons (Fsp3) is 0.0500. The molecule has 3 aromatic rings. The first-order valence-electron chi connectivity index (χ1n) is 7.92. The van der Waals surface area contributed by atoms with Crippen molar-refractivity contribution >= 4 is 18.6 Å². The summed E-state index contributed by atoms with van der Waals surface area (Å²) < 4.78 is 11.9. The summed E-state index contributed by atoms with van der Waals surface area (Å²) >= 11 is 4.36. The van der Waals surface area contributed by atoms with Crippen molar-refractivity contribution in [2.45, 2.75) is 10.5 Å². The molecule has 2 aliphatic rings. The van der Waals surface area contributed by atoms with E-state index < -0.39 is 11.6 Å². The Kier molecular flexibility index (Phi) is 2.89. The lowest BCUT2D eigenvalue weighted by Gasteiger charge is -2.37. The molecule has 2 N–H and O–H groups in total. The minimum absolute atomic E-state index is 0.0147. The van der Waals surface area contributed by atoms with Crippen molar-refractivity contribution < 1.29 is 24.5 Å². The van der Waals surface area contributed by atoms with Crippen LogP contribution in [0.2, 0.25) is 0 Å². The Balaban J connectivity index is 1.93. The fourth-order valence-electron chi connectivity index (χ4n) is 3.70. The zero-order valence-electron chi connectivity index (χ0n) is 13.3. The van der Waals surface area contributed by atoms with Crippen LogP contribution in [0.4, 0.5) is 0 Å². The monoisotopic (exact) mass is 364 g/mol. The van der Waals surface area contributed by atoms with E-state index in [2.05, 4.69) is 12.6 Å². The van der Waals surface area contributed by atoms with E-state index in [1.807, 2.05) is 12.1 Å². The Hall–Kier alpha value is -3.12. The Morgan fingerprint density at radius 3 is 2.54 bits per heavy atom. The van der Waals surface area contributed by atoms with Crippen molar-refractivity contribution in [3.8, 4) is 23.0 Å². The Labute approximate surface area is 153 Å². The van der Waals surface area contributed by atoms with Gasteiger partial charge in [-0.2, -0.15) is 0 Å². The topological polar surface area (TPSA) is 76.0 Å². The van der Waals surface area contributed by atoms with Crippen LogP contribution in [0.1, 0.15) is 27.0 Å². The second kappa shape index (κ2) is 4.95. The van der Waals surface area contributed by atoms with Gasteiger partial charge in [0, 0.05) is 22.8 Å². The summed E-state index contributed by atoms with van der Waals surface area (Å²) in [5, 5.41) is 19.9. The molecule has 0 bridgehead atoms. The second-order valence-corrected chi connectivity index (χ2v) is 6.66. The van der Waals surface area contributed by atoms with E-state index in [1.54, 1.807) is 24.3 Å². The van der Waals surface area contributed by atoms with Crippen molar-refractivity contribution in [2.75, 3.05) is 0 Å². The molecule has 0 saturated carbocycles. The summed E-state index contributed by atoms with van der Waals surface area (Å²) in [6.07, 6.45) is 0. The summed E-state index contributed by atoms with van der Waals surface area (Å²) in [7, 11) is 0. The first-order chi connectivity index (χ1) is 12.5. The fourth-order valence-corrected chi connectivity index (χ4v) is 3.94. The van der Waals surface area contributed by atoms with Gasteiger partial charge in [0.2, 0.25) is 0 Å². The molecule has 1 spiro atoms. The van der Waals surface area contributed by atoms with E-state index >= 15 is 0 Å². The SMILES string of the molecule is O=C1OC2(c3ccc(O)cc3Oc3c2ccc(O)c3S)c2ccccc21. The molecular weight excluding hydrogens is 352 g/mol. The Morgan fingerprint density at radius 2 is 1.69 bits per heavy atom. The van der Waals surface area contributed by atoms with Gasteiger partial charge < -0.3 is 19.7 Å².